The van der Waals surface area contributed by atoms with E-state index in [0.29, 0.717) is 13.2 Å². The summed E-state index contributed by atoms with van der Waals surface area (Å²) < 4.78 is 10.7. The van der Waals surface area contributed by atoms with Gasteiger partial charge < -0.3 is 9.47 Å². The molecule has 0 bridgehead atoms. The zero-order chi connectivity index (χ0) is 14.8. The third kappa shape index (κ3) is 3.67. The van der Waals surface area contributed by atoms with E-state index in [0.717, 1.165) is 10.6 Å². The van der Waals surface area contributed by atoms with Crippen molar-refractivity contribution in [2.45, 2.75) is 36.5 Å². The van der Waals surface area contributed by atoms with Crippen LogP contribution in [0.5, 0.6) is 0 Å². The first-order chi connectivity index (χ1) is 9.40. The van der Waals surface area contributed by atoms with Gasteiger partial charge in [-0.05, 0) is 32.9 Å². The topological polar surface area (TPSA) is 38.8 Å². The normalized spacial score (nSPS) is 18.6. The van der Waals surface area contributed by atoms with Crippen LogP contribution in [0.2, 0.25) is 0 Å². The highest BCUT2D eigenvalue weighted by molar-refractivity contribution is 8.00. The average molecular weight is 295 g/mol. The molecule has 1 aliphatic rings. The number of fused-ring (bicyclic) bond motifs is 1. The SMILES string of the molecule is COCC1CN(C(=O)OC(C)(C)C)c2ccccc2S1. The summed E-state index contributed by atoms with van der Waals surface area (Å²) in [5.74, 6) is 0. The quantitative estimate of drug-likeness (QED) is 0.836. The molecule has 1 atom stereocenters. The van der Waals surface area contributed by atoms with Crippen LogP contribution in [0.1, 0.15) is 20.8 Å². The standard InChI is InChI=1S/C15H21NO3S/c1-15(2,3)19-14(17)16-9-11(10-18-4)20-13-8-6-5-7-12(13)16/h5-8,11H,9-10H2,1-4H3. The van der Waals surface area contributed by atoms with E-state index in [4.69, 9.17) is 9.47 Å². The Bertz CT molecular complexity index is 484. The minimum Gasteiger partial charge on any atom is -0.443 e. The van der Waals surface area contributed by atoms with Crippen molar-refractivity contribution in [1.29, 1.82) is 0 Å². The van der Waals surface area contributed by atoms with Gasteiger partial charge in [0.2, 0.25) is 0 Å². The summed E-state index contributed by atoms with van der Waals surface area (Å²) in [5.41, 5.74) is 0.423. The predicted octanol–water partition coefficient (Wildman–Crippen LogP) is 3.55. The van der Waals surface area contributed by atoms with Crippen molar-refractivity contribution in [3.05, 3.63) is 24.3 Å². The third-order valence-electron chi connectivity index (χ3n) is 2.80. The number of amides is 1. The Morgan fingerprint density at radius 2 is 2.10 bits per heavy atom. The second-order valence-corrected chi connectivity index (χ2v) is 7.10. The highest BCUT2D eigenvalue weighted by Gasteiger charge is 2.31. The van der Waals surface area contributed by atoms with Gasteiger partial charge in [0.25, 0.3) is 0 Å². The van der Waals surface area contributed by atoms with Crippen LogP contribution in [0.15, 0.2) is 29.2 Å². The van der Waals surface area contributed by atoms with Gasteiger partial charge >= 0.3 is 6.09 Å². The molecule has 1 aromatic rings. The molecule has 0 aromatic heterocycles. The molecule has 0 spiro atoms. The Hall–Kier alpha value is -1.20. The van der Waals surface area contributed by atoms with Crippen molar-refractivity contribution in [1.82, 2.24) is 0 Å². The average Bonchev–Trinajstić information content (AvgIpc) is 2.36. The first kappa shape index (κ1) is 15.2. The maximum absolute atomic E-state index is 12.4. The highest BCUT2D eigenvalue weighted by atomic mass is 32.2. The fourth-order valence-corrected chi connectivity index (χ4v) is 3.30. The minimum atomic E-state index is -0.493. The fourth-order valence-electron chi connectivity index (χ4n) is 2.06. The zero-order valence-electron chi connectivity index (χ0n) is 12.4. The smallest absolute Gasteiger partial charge is 0.414 e. The molecule has 5 heteroatoms. The third-order valence-corrected chi connectivity index (χ3v) is 4.02. The van der Waals surface area contributed by atoms with E-state index < -0.39 is 5.60 Å². The molecule has 110 valence electrons. The van der Waals surface area contributed by atoms with E-state index in [1.807, 2.05) is 45.0 Å². The molecule has 1 unspecified atom stereocenters. The van der Waals surface area contributed by atoms with Crippen molar-refractivity contribution in [3.63, 3.8) is 0 Å². The van der Waals surface area contributed by atoms with E-state index in [1.165, 1.54) is 0 Å². The van der Waals surface area contributed by atoms with E-state index in [1.54, 1.807) is 23.8 Å². The number of nitrogens with zero attached hydrogens (tertiary/aromatic N) is 1. The van der Waals surface area contributed by atoms with Crippen LogP contribution in [-0.4, -0.2) is 37.2 Å². The number of methoxy groups -OCH3 is 1. The minimum absolute atomic E-state index is 0.224. The number of thioether (sulfide) groups is 1. The summed E-state index contributed by atoms with van der Waals surface area (Å²) in [6.07, 6.45) is -0.300. The molecule has 0 saturated heterocycles. The van der Waals surface area contributed by atoms with Crippen LogP contribution >= 0.6 is 11.8 Å². The Balaban J connectivity index is 2.24. The lowest BCUT2D eigenvalue weighted by atomic mass is 10.2. The summed E-state index contributed by atoms with van der Waals surface area (Å²) in [6, 6.07) is 7.90. The van der Waals surface area contributed by atoms with Crippen molar-refractivity contribution < 1.29 is 14.3 Å². The van der Waals surface area contributed by atoms with Gasteiger partial charge in [0, 0.05) is 18.6 Å². The number of carbonyl (C=O) groups excluding carboxylic acids is 1. The summed E-state index contributed by atoms with van der Waals surface area (Å²) in [5, 5.41) is 0.224. The molecule has 0 N–H and O–H groups in total. The van der Waals surface area contributed by atoms with Gasteiger partial charge in [-0.25, -0.2) is 4.79 Å². The van der Waals surface area contributed by atoms with Gasteiger partial charge in [-0.3, -0.25) is 4.90 Å². The van der Waals surface area contributed by atoms with Crippen LogP contribution in [0, 0.1) is 0 Å². The second-order valence-electron chi connectivity index (χ2n) is 5.75. The van der Waals surface area contributed by atoms with Gasteiger partial charge in [0.1, 0.15) is 5.60 Å². The lowest BCUT2D eigenvalue weighted by molar-refractivity contribution is 0.0576. The number of rotatable bonds is 2. The van der Waals surface area contributed by atoms with Crippen LogP contribution in [0.25, 0.3) is 0 Å². The Labute approximate surface area is 124 Å². The van der Waals surface area contributed by atoms with Crippen molar-refractivity contribution >= 4 is 23.5 Å². The molecule has 20 heavy (non-hydrogen) atoms. The fraction of sp³-hybridized carbons (Fsp3) is 0.533. The monoisotopic (exact) mass is 295 g/mol. The van der Waals surface area contributed by atoms with Gasteiger partial charge in [-0.2, -0.15) is 0 Å². The number of hydrogen-bond acceptors (Lipinski definition) is 4. The molecule has 4 nitrogen and oxygen atoms in total. The van der Waals surface area contributed by atoms with Crippen LogP contribution in [0.3, 0.4) is 0 Å². The molecule has 1 aromatic carbocycles. The summed E-state index contributed by atoms with van der Waals surface area (Å²) in [4.78, 5) is 15.2. The van der Waals surface area contributed by atoms with E-state index in [-0.39, 0.29) is 11.3 Å². The Morgan fingerprint density at radius 3 is 2.75 bits per heavy atom. The van der Waals surface area contributed by atoms with Crippen LogP contribution in [0.4, 0.5) is 10.5 Å². The number of benzene rings is 1. The summed E-state index contributed by atoms with van der Waals surface area (Å²) in [6.45, 7) is 6.84. The Morgan fingerprint density at radius 1 is 1.40 bits per heavy atom. The van der Waals surface area contributed by atoms with Gasteiger partial charge in [0.15, 0.2) is 0 Å². The molecule has 0 saturated carbocycles. The van der Waals surface area contributed by atoms with Gasteiger partial charge in [-0.1, -0.05) is 12.1 Å². The lowest BCUT2D eigenvalue weighted by Gasteiger charge is -2.34. The van der Waals surface area contributed by atoms with Gasteiger partial charge in [0.05, 0.1) is 17.5 Å². The van der Waals surface area contributed by atoms with E-state index in [9.17, 15) is 4.79 Å². The second kappa shape index (κ2) is 6.06. The molecular formula is C15H21NO3S. The van der Waals surface area contributed by atoms with Crippen molar-refractivity contribution in [3.8, 4) is 0 Å². The first-order valence-electron chi connectivity index (χ1n) is 6.66. The number of ether oxygens (including phenoxy) is 2. The largest absolute Gasteiger partial charge is 0.443 e. The molecule has 0 fully saturated rings. The highest BCUT2D eigenvalue weighted by Crippen LogP contribution is 2.38. The first-order valence-corrected chi connectivity index (χ1v) is 7.54. The molecular weight excluding hydrogens is 274 g/mol. The zero-order valence-corrected chi connectivity index (χ0v) is 13.2. The molecule has 1 aliphatic heterocycles. The van der Waals surface area contributed by atoms with Crippen molar-refractivity contribution in [2.24, 2.45) is 0 Å². The molecule has 2 rings (SSSR count). The Kier molecular flexibility index (Phi) is 4.60. The molecule has 0 aliphatic carbocycles. The number of para-hydroxylation sites is 1. The number of anilines is 1. The summed E-state index contributed by atoms with van der Waals surface area (Å²) >= 11 is 1.75. The van der Waals surface area contributed by atoms with E-state index >= 15 is 0 Å². The summed E-state index contributed by atoms with van der Waals surface area (Å²) in [7, 11) is 1.68. The lowest BCUT2D eigenvalue weighted by Crippen LogP contribution is -2.43. The molecule has 1 heterocycles. The molecule has 0 radical (unpaired) electrons. The maximum atomic E-state index is 12.4. The van der Waals surface area contributed by atoms with Crippen LogP contribution < -0.4 is 4.90 Å². The predicted molar refractivity (Wildman–Crippen MR) is 81.5 cm³/mol. The number of carbonyl (C=O) groups is 1. The van der Waals surface area contributed by atoms with E-state index in [2.05, 4.69) is 0 Å². The van der Waals surface area contributed by atoms with Crippen LogP contribution in [-0.2, 0) is 9.47 Å². The maximum Gasteiger partial charge on any atom is 0.414 e. The molecule has 1 amide bonds. The van der Waals surface area contributed by atoms with Gasteiger partial charge in [-0.15, -0.1) is 11.8 Å². The van der Waals surface area contributed by atoms with Crippen molar-refractivity contribution in [2.75, 3.05) is 25.2 Å². The number of hydrogen-bond donors (Lipinski definition) is 0.